The molecule has 8 heteroatoms. The van der Waals surface area contributed by atoms with Gasteiger partial charge in [-0.15, -0.1) is 5.10 Å². The van der Waals surface area contributed by atoms with Crippen molar-refractivity contribution in [2.45, 2.75) is 19.9 Å². The van der Waals surface area contributed by atoms with Crippen LogP contribution in [0.3, 0.4) is 0 Å². The molecule has 0 aliphatic heterocycles. The van der Waals surface area contributed by atoms with Crippen molar-refractivity contribution in [1.82, 2.24) is 39.1 Å². The van der Waals surface area contributed by atoms with E-state index < -0.39 is 0 Å². The zero-order valence-corrected chi connectivity index (χ0v) is 14.2. The van der Waals surface area contributed by atoms with Gasteiger partial charge in [0.15, 0.2) is 17.1 Å². The van der Waals surface area contributed by atoms with Gasteiger partial charge >= 0.3 is 0 Å². The Hall–Kier alpha value is -3.55. The number of hydrogen-bond donors (Lipinski definition) is 0. The summed E-state index contributed by atoms with van der Waals surface area (Å²) in [4.78, 5) is 9.21. The van der Waals surface area contributed by atoms with Crippen molar-refractivity contribution in [2.75, 3.05) is 0 Å². The Balaban J connectivity index is 1.52. The van der Waals surface area contributed by atoms with E-state index in [2.05, 4.69) is 25.3 Å². The summed E-state index contributed by atoms with van der Waals surface area (Å²) in [6, 6.07) is 9.94. The van der Waals surface area contributed by atoms with E-state index in [9.17, 15) is 0 Å². The van der Waals surface area contributed by atoms with Gasteiger partial charge in [-0.3, -0.25) is 4.68 Å². The quantitative estimate of drug-likeness (QED) is 0.499. The first-order chi connectivity index (χ1) is 12.8. The summed E-state index contributed by atoms with van der Waals surface area (Å²) in [5, 5.41) is 14.2. The Kier molecular flexibility index (Phi) is 3.27. The first kappa shape index (κ1) is 14.8. The number of hydrogen-bond acceptors (Lipinski definition) is 5. The molecule has 5 rings (SSSR count). The Morgan fingerprint density at radius 2 is 1.88 bits per heavy atom. The van der Waals surface area contributed by atoms with E-state index in [0.29, 0.717) is 6.42 Å². The maximum absolute atomic E-state index is 4.69. The third kappa shape index (κ3) is 2.43. The van der Waals surface area contributed by atoms with Crippen LogP contribution in [0.2, 0.25) is 0 Å². The van der Waals surface area contributed by atoms with Crippen LogP contribution in [0.4, 0.5) is 0 Å². The third-order valence-electron chi connectivity index (χ3n) is 4.28. The molecule has 4 heterocycles. The van der Waals surface area contributed by atoms with Crippen LogP contribution in [0.1, 0.15) is 11.4 Å². The molecule has 8 nitrogen and oxygen atoms in total. The van der Waals surface area contributed by atoms with Crippen molar-refractivity contribution >= 4 is 16.7 Å². The molecule has 0 saturated carbocycles. The number of aromatic nitrogens is 8. The van der Waals surface area contributed by atoms with Crippen molar-refractivity contribution in [1.29, 1.82) is 0 Å². The second kappa shape index (κ2) is 5.76. The minimum Gasteiger partial charge on any atom is -0.272 e. The zero-order valence-electron chi connectivity index (χ0n) is 14.2. The van der Waals surface area contributed by atoms with Crippen molar-refractivity contribution < 1.29 is 0 Å². The number of rotatable bonds is 4. The molecule has 0 radical (unpaired) electrons. The molecule has 0 unspecified atom stereocenters. The summed E-state index contributed by atoms with van der Waals surface area (Å²) in [5.41, 5.74) is 3.65. The summed E-state index contributed by atoms with van der Waals surface area (Å²) >= 11 is 0. The van der Waals surface area contributed by atoms with Crippen molar-refractivity contribution in [3.8, 4) is 5.69 Å². The molecule has 0 fully saturated rings. The summed E-state index contributed by atoms with van der Waals surface area (Å²) in [6.07, 6.45) is 8.05. The number of nitrogens with zero attached hydrogens (tertiary/aromatic N) is 8. The Morgan fingerprint density at radius 3 is 2.69 bits per heavy atom. The Bertz CT molecular complexity index is 1200. The highest BCUT2D eigenvalue weighted by Gasteiger charge is 2.13. The monoisotopic (exact) mass is 344 g/mol. The van der Waals surface area contributed by atoms with Crippen LogP contribution in [0.15, 0.2) is 55.2 Å². The minimum atomic E-state index is 0.705. The fourth-order valence-electron chi connectivity index (χ4n) is 3.03. The molecule has 1 aromatic carbocycles. The SMILES string of the molecule is Cc1cnn(CCc2nc3c4cnn(-c5ccccc5)c4ncn3n2)c1. The smallest absolute Gasteiger partial charge is 0.170 e. The molecule has 0 spiro atoms. The molecule has 0 N–H and O–H groups in total. The molecular formula is C18H16N8. The third-order valence-corrected chi connectivity index (χ3v) is 4.28. The van der Waals surface area contributed by atoms with E-state index in [0.717, 1.165) is 40.3 Å². The van der Waals surface area contributed by atoms with Gasteiger partial charge in [-0.25, -0.2) is 19.2 Å². The maximum Gasteiger partial charge on any atom is 0.170 e. The van der Waals surface area contributed by atoms with Gasteiger partial charge in [-0.05, 0) is 24.6 Å². The van der Waals surface area contributed by atoms with E-state index in [-0.39, 0.29) is 0 Å². The molecule has 5 aromatic rings. The summed E-state index contributed by atoms with van der Waals surface area (Å²) in [7, 11) is 0. The van der Waals surface area contributed by atoms with Gasteiger partial charge in [0.05, 0.1) is 23.5 Å². The van der Waals surface area contributed by atoms with Crippen molar-refractivity contribution in [3.05, 3.63) is 66.6 Å². The first-order valence-corrected chi connectivity index (χ1v) is 8.40. The van der Waals surface area contributed by atoms with E-state index in [4.69, 9.17) is 0 Å². The van der Waals surface area contributed by atoms with E-state index in [1.54, 1.807) is 17.0 Å². The van der Waals surface area contributed by atoms with Crippen LogP contribution in [-0.2, 0) is 13.0 Å². The van der Waals surface area contributed by atoms with Gasteiger partial charge in [0, 0.05) is 19.2 Å². The fourth-order valence-corrected chi connectivity index (χ4v) is 3.03. The minimum absolute atomic E-state index is 0.705. The predicted octanol–water partition coefficient (Wildman–Crippen LogP) is 2.21. The highest BCUT2D eigenvalue weighted by Crippen LogP contribution is 2.19. The Morgan fingerprint density at radius 1 is 1.00 bits per heavy atom. The average Bonchev–Trinajstić information content (AvgIpc) is 3.37. The van der Waals surface area contributed by atoms with Crippen LogP contribution in [-0.4, -0.2) is 39.1 Å². The number of benzene rings is 1. The lowest BCUT2D eigenvalue weighted by Crippen LogP contribution is -2.03. The fraction of sp³-hybridized carbons (Fsp3) is 0.167. The van der Waals surface area contributed by atoms with Gasteiger partial charge in [0.1, 0.15) is 6.33 Å². The molecule has 0 amide bonds. The van der Waals surface area contributed by atoms with Gasteiger partial charge in [-0.1, -0.05) is 18.2 Å². The zero-order chi connectivity index (χ0) is 17.5. The molecule has 0 aliphatic rings. The van der Waals surface area contributed by atoms with Crippen LogP contribution in [0, 0.1) is 6.92 Å². The summed E-state index contributed by atoms with van der Waals surface area (Å²) < 4.78 is 5.43. The molecular weight excluding hydrogens is 328 g/mol. The van der Waals surface area contributed by atoms with Crippen LogP contribution < -0.4 is 0 Å². The summed E-state index contributed by atoms with van der Waals surface area (Å²) in [5.74, 6) is 0.764. The molecule has 0 saturated heterocycles. The van der Waals surface area contributed by atoms with Crippen LogP contribution >= 0.6 is 0 Å². The molecule has 0 bridgehead atoms. The lowest BCUT2D eigenvalue weighted by molar-refractivity contribution is 0.599. The van der Waals surface area contributed by atoms with Crippen molar-refractivity contribution in [3.63, 3.8) is 0 Å². The number of fused-ring (bicyclic) bond motifs is 3. The molecule has 4 aromatic heterocycles. The molecule has 26 heavy (non-hydrogen) atoms. The normalized spacial score (nSPS) is 11.6. The lowest BCUT2D eigenvalue weighted by atomic mass is 10.3. The topological polar surface area (TPSA) is 78.7 Å². The largest absolute Gasteiger partial charge is 0.272 e. The highest BCUT2D eigenvalue weighted by molar-refractivity contribution is 5.89. The standard InChI is InChI=1S/C18H16N8/c1-13-9-20-24(11-13)8-7-16-22-18-15-10-21-26(14-5-3-2-4-6-14)17(15)19-12-25(18)23-16/h2-6,9-12H,7-8H2,1H3. The van der Waals surface area contributed by atoms with Gasteiger partial charge in [0.25, 0.3) is 0 Å². The summed E-state index contributed by atoms with van der Waals surface area (Å²) in [6.45, 7) is 2.77. The van der Waals surface area contributed by atoms with Gasteiger partial charge in [0.2, 0.25) is 0 Å². The van der Waals surface area contributed by atoms with Crippen molar-refractivity contribution in [2.24, 2.45) is 0 Å². The Labute approximate surface area is 148 Å². The number of para-hydroxylation sites is 1. The second-order valence-electron chi connectivity index (χ2n) is 6.20. The molecule has 128 valence electrons. The van der Waals surface area contributed by atoms with Crippen LogP contribution in [0.5, 0.6) is 0 Å². The lowest BCUT2D eigenvalue weighted by Gasteiger charge is -2.01. The van der Waals surface area contributed by atoms with Gasteiger partial charge < -0.3 is 0 Å². The van der Waals surface area contributed by atoms with Crippen LogP contribution in [0.25, 0.3) is 22.4 Å². The maximum atomic E-state index is 4.69. The predicted molar refractivity (Wildman–Crippen MR) is 96.1 cm³/mol. The van der Waals surface area contributed by atoms with E-state index in [1.807, 2.05) is 59.0 Å². The van der Waals surface area contributed by atoms with E-state index in [1.165, 1.54) is 0 Å². The number of aryl methyl sites for hydroxylation is 3. The van der Waals surface area contributed by atoms with Gasteiger partial charge in [-0.2, -0.15) is 10.2 Å². The first-order valence-electron chi connectivity index (χ1n) is 8.40. The van der Waals surface area contributed by atoms with E-state index >= 15 is 0 Å². The molecule has 0 atom stereocenters. The average molecular weight is 344 g/mol. The second-order valence-corrected chi connectivity index (χ2v) is 6.20. The highest BCUT2D eigenvalue weighted by atomic mass is 15.4. The molecule has 0 aliphatic carbocycles.